The van der Waals surface area contributed by atoms with E-state index in [1.807, 2.05) is 24.3 Å². The second kappa shape index (κ2) is 18.1. The van der Waals surface area contributed by atoms with Gasteiger partial charge < -0.3 is 49.6 Å². The normalized spacial score (nSPS) is 23.0. The molecule has 0 spiro atoms. The van der Waals surface area contributed by atoms with Crippen molar-refractivity contribution in [2.75, 3.05) is 57.6 Å². The number of anilines is 1. The monoisotopic (exact) mass is 680 g/mol. The number of hydrogen-bond donors (Lipinski definition) is 5. The molecule has 5 atom stereocenters. The minimum absolute atomic E-state index is 0.00306. The summed E-state index contributed by atoms with van der Waals surface area (Å²) in [5.41, 5.74) is 2.55. The first-order valence-corrected chi connectivity index (χ1v) is 16.5. The summed E-state index contributed by atoms with van der Waals surface area (Å²) in [4.78, 5) is 15.0. The number of hydrogen-bond acceptors (Lipinski definition) is 13. The summed E-state index contributed by atoms with van der Waals surface area (Å²) in [6, 6.07) is 14.3. The van der Waals surface area contributed by atoms with Crippen molar-refractivity contribution in [1.29, 1.82) is 5.26 Å². The molecule has 2 aliphatic rings. The molecule has 0 aliphatic carbocycles. The number of ether oxygens (including phenoxy) is 4. The average molecular weight is 681 g/mol. The number of fused-ring (bicyclic) bond motifs is 1. The molecule has 0 radical (unpaired) electrons. The topological polar surface area (TPSA) is 205 Å². The van der Waals surface area contributed by atoms with Crippen LogP contribution in [0, 0.1) is 11.3 Å². The van der Waals surface area contributed by atoms with Gasteiger partial charge in [-0.15, -0.1) is 5.10 Å². The Hall–Kier alpha value is -3.98. The van der Waals surface area contributed by atoms with E-state index in [0.29, 0.717) is 32.1 Å². The summed E-state index contributed by atoms with van der Waals surface area (Å²) in [5.74, 6) is -0.461. The fourth-order valence-electron chi connectivity index (χ4n) is 5.71. The largest absolute Gasteiger partial charge is 0.388 e. The first-order chi connectivity index (χ1) is 23.8. The maximum absolute atomic E-state index is 12.6. The van der Waals surface area contributed by atoms with Gasteiger partial charge in [0.25, 0.3) is 5.91 Å². The Kier molecular flexibility index (Phi) is 13.4. The highest BCUT2D eigenvalue weighted by Crippen LogP contribution is 2.26. The summed E-state index contributed by atoms with van der Waals surface area (Å²) in [5, 5.41) is 61.5. The van der Waals surface area contributed by atoms with Crippen molar-refractivity contribution in [2.24, 2.45) is 0 Å². The van der Waals surface area contributed by atoms with Crippen LogP contribution in [0.2, 0.25) is 0 Å². The Balaban J connectivity index is 0.919. The molecular formula is C34H44N6O9. The predicted octanol–water partition coefficient (Wildman–Crippen LogP) is 0.495. The first kappa shape index (κ1) is 36.3. The van der Waals surface area contributed by atoms with Gasteiger partial charge in [-0.25, -0.2) is 4.68 Å². The van der Waals surface area contributed by atoms with Crippen LogP contribution in [0.4, 0.5) is 5.69 Å². The standard InChI is InChI=1S/C34H44N6O9/c35-19-26(17-23-4-5-25-18-28(7-6-24(25)16-23)39-9-2-1-3-10-39)33(44)36-8-11-46-12-13-47-14-15-48-22-27-20-40(38-37-27)21-29-30(41)31(42)32(43)34(45)49-29/h4-7,16-18,20,29-32,34,41-43,45H,1-3,8-15,21-22H2,(H,36,44)/b26-17+. The van der Waals surface area contributed by atoms with E-state index in [1.54, 1.807) is 12.3 Å². The molecule has 1 amide bonds. The van der Waals surface area contributed by atoms with Gasteiger partial charge in [-0.2, -0.15) is 5.26 Å². The van der Waals surface area contributed by atoms with Crippen LogP contribution in [-0.2, 0) is 36.9 Å². The number of nitrogens with zero attached hydrogens (tertiary/aromatic N) is 5. The maximum atomic E-state index is 12.6. The minimum Gasteiger partial charge on any atom is -0.388 e. The van der Waals surface area contributed by atoms with Gasteiger partial charge in [-0.05, 0) is 59.9 Å². The predicted molar refractivity (Wildman–Crippen MR) is 177 cm³/mol. The van der Waals surface area contributed by atoms with Crippen molar-refractivity contribution in [2.45, 2.75) is 63.1 Å². The maximum Gasteiger partial charge on any atom is 0.262 e. The lowest BCUT2D eigenvalue weighted by atomic mass is 9.99. The third-order valence-electron chi connectivity index (χ3n) is 8.41. The van der Waals surface area contributed by atoms with E-state index in [4.69, 9.17) is 18.9 Å². The number of rotatable bonds is 16. The van der Waals surface area contributed by atoms with Gasteiger partial charge in [0.15, 0.2) is 6.29 Å². The molecule has 2 saturated heterocycles. The quantitative estimate of drug-likeness (QED) is 0.0795. The lowest BCUT2D eigenvalue weighted by Crippen LogP contribution is -2.58. The Bertz CT molecular complexity index is 1590. The van der Waals surface area contributed by atoms with Gasteiger partial charge in [0.05, 0.1) is 52.4 Å². The molecule has 2 fully saturated rings. The molecule has 3 heterocycles. The number of carbonyl (C=O) groups is 1. The van der Waals surface area contributed by atoms with Crippen LogP contribution in [0.15, 0.2) is 48.2 Å². The average Bonchev–Trinajstić information content (AvgIpc) is 3.57. The zero-order chi connectivity index (χ0) is 34.6. The SMILES string of the molecule is N#C/C(=C\c1ccc2cc(N3CCCCC3)ccc2c1)C(=O)NCCOCCOCCOCc1cn(CC2OC(O)C(O)C(O)C2O)nn1. The summed E-state index contributed by atoms with van der Waals surface area (Å²) in [6.45, 7) is 4.10. The third kappa shape index (κ3) is 10.3. The summed E-state index contributed by atoms with van der Waals surface area (Å²) in [7, 11) is 0. The zero-order valence-corrected chi connectivity index (χ0v) is 27.3. The highest BCUT2D eigenvalue weighted by molar-refractivity contribution is 6.02. The van der Waals surface area contributed by atoms with Gasteiger partial charge in [0.1, 0.15) is 41.8 Å². The number of carbonyl (C=O) groups excluding carboxylic acids is 1. The second-order valence-electron chi connectivity index (χ2n) is 12.0. The Morgan fingerprint density at radius 1 is 0.939 bits per heavy atom. The fourth-order valence-corrected chi connectivity index (χ4v) is 5.71. The van der Waals surface area contributed by atoms with Crippen LogP contribution in [-0.4, -0.2) is 125 Å². The van der Waals surface area contributed by atoms with Crippen molar-refractivity contribution in [3.63, 3.8) is 0 Å². The number of aliphatic hydroxyl groups is 4. The van der Waals surface area contributed by atoms with Crippen molar-refractivity contribution in [1.82, 2.24) is 20.3 Å². The molecule has 5 N–H and O–H groups in total. The Labute approximate surface area is 284 Å². The van der Waals surface area contributed by atoms with Crippen molar-refractivity contribution >= 4 is 28.4 Å². The molecule has 264 valence electrons. The number of nitriles is 1. The minimum atomic E-state index is -1.62. The molecule has 5 rings (SSSR count). The fraction of sp³-hybridized carbons (Fsp3) is 0.529. The van der Waals surface area contributed by atoms with Crippen LogP contribution in [0.25, 0.3) is 16.8 Å². The van der Waals surface area contributed by atoms with E-state index in [9.17, 15) is 30.5 Å². The molecule has 5 unspecified atom stereocenters. The van der Waals surface area contributed by atoms with Crippen LogP contribution in [0.3, 0.4) is 0 Å². The molecule has 15 heteroatoms. The van der Waals surface area contributed by atoms with Gasteiger partial charge in [0.2, 0.25) is 0 Å². The van der Waals surface area contributed by atoms with E-state index in [-0.39, 0.29) is 31.9 Å². The molecule has 0 bridgehead atoms. The molecule has 49 heavy (non-hydrogen) atoms. The van der Waals surface area contributed by atoms with Crippen molar-refractivity contribution in [3.05, 3.63) is 59.4 Å². The van der Waals surface area contributed by atoms with Crippen molar-refractivity contribution < 1.29 is 44.2 Å². The highest BCUT2D eigenvalue weighted by Gasteiger charge is 2.43. The van der Waals surface area contributed by atoms with Crippen LogP contribution < -0.4 is 10.2 Å². The summed E-state index contributed by atoms with van der Waals surface area (Å²) < 4.78 is 23.1. The first-order valence-electron chi connectivity index (χ1n) is 16.5. The third-order valence-corrected chi connectivity index (χ3v) is 8.41. The van der Waals surface area contributed by atoms with Gasteiger partial charge >= 0.3 is 0 Å². The molecular weight excluding hydrogens is 636 g/mol. The second-order valence-corrected chi connectivity index (χ2v) is 12.0. The number of aromatic nitrogens is 3. The lowest BCUT2D eigenvalue weighted by Gasteiger charge is -2.38. The smallest absolute Gasteiger partial charge is 0.262 e. The number of aliphatic hydroxyl groups excluding tert-OH is 4. The van der Waals surface area contributed by atoms with E-state index < -0.39 is 36.6 Å². The van der Waals surface area contributed by atoms with Crippen LogP contribution >= 0.6 is 0 Å². The number of piperidine rings is 1. The lowest BCUT2D eigenvalue weighted by molar-refractivity contribution is -0.284. The molecule has 15 nitrogen and oxygen atoms in total. The molecule has 2 aromatic carbocycles. The van der Waals surface area contributed by atoms with E-state index >= 15 is 0 Å². The van der Waals surface area contributed by atoms with Gasteiger partial charge in [-0.3, -0.25) is 4.79 Å². The van der Waals surface area contributed by atoms with Gasteiger partial charge in [0, 0.05) is 25.3 Å². The van der Waals surface area contributed by atoms with E-state index in [0.717, 1.165) is 29.4 Å². The van der Waals surface area contributed by atoms with Gasteiger partial charge in [-0.1, -0.05) is 23.4 Å². The molecule has 2 aliphatic heterocycles. The van der Waals surface area contributed by atoms with E-state index in [2.05, 4.69) is 38.7 Å². The number of amides is 1. The molecule has 1 aromatic heterocycles. The number of benzene rings is 2. The molecule has 0 saturated carbocycles. The summed E-state index contributed by atoms with van der Waals surface area (Å²) >= 11 is 0. The van der Waals surface area contributed by atoms with Crippen molar-refractivity contribution in [3.8, 4) is 6.07 Å². The highest BCUT2D eigenvalue weighted by atomic mass is 16.6. The Morgan fingerprint density at radius 2 is 1.65 bits per heavy atom. The Morgan fingerprint density at radius 3 is 2.43 bits per heavy atom. The zero-order valence-electron chi connectivity index (χ0n) is 27.3. The van der Waals surface area contributed by atoms with Crippen LogP contribution in [0.5, 0.6) is 0 Å². The summed E-state index contributed by atoms with van der Waals surface area (Å²) in [6.07, 6.45) is -0.246. The van der Waals surface area contributed by atoms with E-state index in [1.165, 1.54) is 29.6 Å². The van der Waals surface area contributed by atoms with Crippen LogP contribution in [0.1, 0.15) is 30.5 Å². The molecule has 3 aromatic rings. The number of nitrogens with one attached hydrogen (secondary N) is 1.